The van der Waals surface area contributed by atoms with Crippen LogP contribution in [0.15, 0.2) is 60.7 Å². The molecule has 0 fully saturated rings. The van der Waals surface area contributed by atoms with Gasteiger partial charge >= 0.3 is 0 Å². The number of amides is 1. The van der Waals surface area contributed by atoms with Crippen molar-refractivity contribution >= 4 is 51.5 Å². The second-order valence-electron chi connectivity index (χ2n) is 6.80. The fraction of sp³-hybridized carbons (Fsp3) is 0.0870. The van der Waals surface area contributed by atoms with Crippen molar-refractivity contribution in [3.8, 4) is 11.5 Å². The Morgan fingerprint density at radius 3 is 2.58 bits per heavy atom. The molecule has 7 nitrogen and oxygen atoms in total. The minimum absolute atomic E-state index is 0.0332. The van der Waals surface area contributed by atoms with Crippen LogP contribution < -0.4 is 14.8 Å². The Morgan fingerprint density at radius 2 is 1.87 bits per heavy atom. The van der Waals surface area contributed by atoms with Crippen LogP contribution in [0.4, 0.5) is 11.4 Å². The summed E-state index contributed by atoms with van der Waals surface area (Å²) in [6.07, 6.45) is 1.83. The quantitative estimate of drug-likeness (QED) is 0.204. The largest absolute Gasteiger partial charge is 0.493 e. The molecule has 0 bridgehead atoms. The molecular formula is C23H17IN2O5. The summed E-state index contributed by atoms with van der Waals surface area (Å²) in [4.78, 5) is 22.7. The Morgan fingerprint density at radius 1 is 1.13 bits per heavy atom. The van der Waals surface area contributed by atoms with Gasteiger partial charge in [0.05, 0.1) is 15.6 Å². The van der Waals surface area contributed by atoms with E-state index in [0.717, 1.165) is 25.9 Å². The lowest BCUT2D eigenvalue weighted by molar-refractivity contribution is -0.384. The van der Waals surface area contributed by atoms with Gasteiger partial charge in [0.25, 0.3) is 11.6 Å². The fourth-order valence-electron chi connectivity index (χ4n) is 3.28. The highest BCUT2D eigenvalue weighted by molar-refractivity contribution is 14.1. The van der Waals surface area contributed by atoms with Crippen LogP contribution in [-0.4, -0.2) is 17.9 Å². The van der Waals surface area contributed by atoms with Gasteiger partial charge in [-0.3, -0.25) is 14.9 Å². The van der Waals surface area contributed by atoms with Gasteiger partial charge in [-0.2, -0.15) is 0 Å². The van der Waals surface area contributed by atoms with Crippen LogP contribution >= 0.6 is 22.6 Å². The van der Waals surface area contributed by atoms with Gasteiger partial charge in [-0.25, -0.2) is 0 Å². The zero-order chi connectivity index (χ0) is 22.0. The molecule has 1 aliphatic heterocycles. The standard InChI is InChI=1S/C23H17IN2O5/c1-30-21-12-15(10-18-17-4-2-3-5-20(17)25-23(18)27)11-19(24)22(21)31-13-14-6-8-16(9-7-14)26(28)29/h2-12H,13H2,1H3,(H,25,27)/b18-10-. The lowest BCUT2D eigenvalue weighted by Crippen LogP contribution is -2.04. The number of carbonyl (C=O) groups excluding carboxylic acids is 1. The molecule has 1 amide bonds. The number of nitro groups is 1. The second-order valence-corrected chi connectivity index (χ2v) is 7.97. The van der Waals surface area contributed by atoms with Crippen molar-refractivity contribution in [2.75, 3.05) is 12.4 Å². The van der Waals surface area contributed by atoms with E-state index in [1.807, 2.05) is 42.5 Å². The lowest BCUT2D eigenvalue weighted by atomic mass is 10.0. The third-order valence-electron chi connectivity index (χ3n) is 4.80. The van der Waals surface area contributed by atoms with Gasteiger partial charge in [0.15, 0.2) is 11.5 Å². The Bertz CT molecular complexity index is 1210. The van der Waals surface area contributed by atoms with Gasteiger partial charge in [-0.15, -0.1) is 0 Å². The zero-order valence-corrected chi connectivity index (χ0v) is 18.6. The van der Waals surface area contributed by atoms with E-state index in [2.05, 4.69) is 27.9 Å². The first-order chi connectivity index (χ1) is 15.0. The second kappa shape index (κ2) is 8.76. The average molecular weight is 528 g/mol. The summed E-state index contributed by atoms with van der Waals surface area (Å²) in [7, 11) is 1.55. The predicted octanol–water partition coefficient (Wildman–Crippen LogP) is 5.28. The molecule has 31 heavy (non-hydrogen) atoms. The fourth-order valence-corrected chi connectivity index (χ4v) is 4.06. The number of rotatable bonds is 6. The van der Waals surface area contributed by atoms with Gasteiger partial charge in [0, 0.05) is 29.0 Å². The van der Waals surface area contributed by atoms with Crippen molar-refractivity contribution in [2.24, 2.45) is 0 Å². The molecule has 1 N–H and O–H groups in total. The first-order valence-corrected chi connectivity index (χ1v) is 10.4. The Kier molecular flexibility index (Phi) is 5.90. The van der Waals surface area contributed by atoms with Crippen LogP contribution in [0, 0.1) is 13.7 Å². The molecule has 0 saturated carbocycles. The number of carbonyl (C=O) groups is 1. The van der Waals surface area contributed by atoms with E-state index in [1.165, 1.54) is 12.1 Å². The van der Waals surface area contributed by atoms with Crippen LogP contribution in [0.5, 0.6) is 11.5 Å². The smallest absolute Gasteiger partial charge is 0.269 e. The minimum atomic E-state index is -0.438. The SMILES string of the molecule is COc1cc(/C=C2\C(=O)Nc3ccccc32)cc(I)c1OCc1ccc([N+](=O)[O-])cc1. The topological polar surface area (TPSA) is 90.7 Å². The van der Waals surface area contributed by atoms with Crippen molar-refractivity contribution in [1.82, 2.24) is 0 Å². The number of hydrogen-bond acceptors (Lipinski definition) is 5. The van der Waals surface area contributed by atoms with E-state index in [9.17, 15) is 14.9 Å². The average Bonchev–Trinajstić information content (AvgIpc) is 3.08. The van der Waals surface area contributed by atoms with E-state index in [1.54, 1.807) is 19.2 Å². The number of nitro benzene ring substituents is 1. The molecule has 0 aliphatic carbocycles. The number of halogens is 1. The Labute approximate surface area is 192 Å². The number of methoxy groups -OCH3 is 1. The monoisotopic (exact) mass is 528 g/mol. The van der Waals surface area contributed by atoms with Crippen molar-refractivity contribution in [1.29, 1.82) is 0 Å². The molecule has 3 aromatic rings. The van der Waals surface area contributed by atoms with Crippen LogP contribution in [0.25, 0.3) is 11.6 Å². The molecular weight excluding hydrogens is 511 g/mol. The molecule has 1 heterocycles. The van der Waals surface area contributed by atoms with Crippen LogP contribution in [-0.2, 0) is 11.4 Å². The van der Waals surface area contributed by atoms with Gasteiger partial charge in [-0.1, -0.05) is 18.2 Å². The number of para-hydroxylation sites is 1. The summed E-state index contributed by atoms with van der Waals surface area (Å²) in [5, 5.41) is 13.7. The molecule has 1 aliphatic rings. The number of nitrogens with zero attached hydrogens (tertiary/aromatic N) is 1. The number of ether oxygens (including phenoxy) is 2. The number of non-ortho nitro benzene ring substituents is 1. The Hall–Kier alpha value is -3.40. The highest BCUT2D eigenvalue weighted by Crippen LogP contribution is 2.37. The van der Waals surface area contributed by atoms with Crippen molar-refractivity contribution in [3.63, 3.8) is 0 Å². The summed E-state index contributed by atoms with van der Waals surface area (Å²) in [5.41, 5.74) is 3.89. The Balaban J connectivity index is 1.59. The molecule has 0 saturated heterocycles. The number of anilines is 1. The van der Waals surface area contributed by atoms with E-state index in [4.69, 9.17) is 9.47 Å². The maximum atomic E-state index is 12.4. The number of benzene rings is 3. The highest BCUT2D eigenvalue weighted by atomic mass is 127. The van der Waals surface area contributed by atoms with Gasteiger partial charge in [0.1, 0.15) is 6.61 Å². The van der Waals surface area contributed by atoms with Crippen LogP contribution in [0.2, 0.25) is 0 Å². The molecule has 0 aromatic heterocycles. The van der Waals surface area contributed by atoms with Gasteiger partial charge in [-0.05, 0) is 70.1 Å². The maximum absolute atomic E-state index is 12.4. The molecule has 4 rings (SSSR count). The van der Waals surface area contributed by atoms with E-state index in [0.29, 0.717) is 17.1 Å². The summed E-state index contributed by atoms with van der Waals surface area (Å²) < 4.78 is 12.3. The predicted molar refractivity (Wildman–Crippen MR) is 126 cm³/mol. The third-order valence-corrected chi connectivity index (χ3v) is 5.60. The molecule has 0 unspecified atom stereocenters. The zero-order valence-electron chi connectivity index (χ0n) is 16.4. The first kappa shape index (κ1) is 20.9. The van der Waals surface area contributed by atoms with E-state index >= 15 is 0 Å². The van der Waals surface area contributed by atoms with Crippen molar-refractivity contribution < 1.29 is 19.2 Å². The van der Waals surface area contributed by atoms with Crippen molar-refractivity contribution in [3.05, 3.63) is 91.0 Å². The van der Waals surface area contributed by atoms with Crippen LogP contribution in [0.1, 0.15) is 16.7 Å². The summed E-state index contributed by atoms with van der Waals surface area (Å²) in [5.74, 6) is 0.959. The first-order valence-electron chi connectivity index (χ1n) is 9.32. The summed E-state index contributed by atoms with van der Waals surface area (Å²) in [6, 6.07) is 17.5. The summed E-state index contributed by atoms with van der Waals surface area (Å²) >= 11 is 2.16. The lowest BCUT2D eigenvalue weighted by Gasteiger charge is -2.14. The minimum Gasteiger partial charge on any atom is -0.493 e. The van der Waals surface area contributed by atoms with Crippen molar-refractivity contribution in [2.45, 2.75) is 6.61 Å². The molecule has 156 valence electrons. The highest BCUT2D eigenvalue weighted by Gasteiger charge is 2.23. The molecule has 0 atom stereocenters. The molecule has 0 radical (unpaired) electrons. The molecule has 3 aromatic carbocycles. The number of hydrogen-bond donors (Lipinski definition) is 1. The third kappa shape index (κ3) is 4.38. The van der Waals surface area contributed by atoms with Gasteiger partial charge < -0.3 is 14.8 Å². The number of nitrogens with one attached hydrogen (secondary N) is 1. The maximum Gasteiger partial charge on any atom is 0.269 e. The molecule has 8 heteroatoms. The van der Waals surface area contributed by atoms with Crippen LogP contribution in [0.3, 0.4) is 0 Å². The number of fused-ring (bicyclic) bond motifs is 1. The normalized spacial score (nSPS) is 13.6. The van der Waals surface area contributed by atoms with Gasteiger partial charge in [0.2, 0.25) is 0 Å². The van der Waals surface area contributed by atoms with E-state index in [-0.39, 0.29) is 18.2 Å². The molecule has 0 spiro atoms. The van der Waals surface area contributed by atoms with E-state index < -0.39 is 4.92 Å². The summed E-state index contributed by atoms with van der Waals surface area (Å²) in [6.45, 7) is 0.237.